The average Bonchev–Trinajstić information content (AvgIpc) is 2.61. The summed E-state index contributed by atoms with van der Waals surface area (Å²) in [5, 5.41) is 0. The number of sulfonamides is 1. The van der Waals surface area contributed by atoms with Crippen molar-refractivity contribution < 1.29 is 21.6 Å². The van der Waals surface area contributed by atoms with Crippen molar-refractivity contribution >= 4 is 10.0 Å². The van der Waals surface area contributed by atoms with Gasteiger partial charge in [0.05, 0.1) is 0 Å². The second-order valence-electron chi connectivity index (χ2n) is 4.11. The van der Waals surface area contributed by atoms with Crippen LogP contribution < -0.4 is 0 Å². The van der Waals surface area contributed by atoms with E-state index in [4.69, 9.17) is 0 Å². The molecule has 0 aromatic carbocycles. The predicted molar refractivity (Wildman–Crippen MR) is 54.2 cm³/mol. The third kappa shape index (κ3) is 2.88. The van der Waals surface area contributed by atoms with Crippen LogP contribution in [0.2, 0.25) is 0 Å². The maximum Gasteiger partial charge on any atom is 0.511 e. The zero-order valence-electron chi connectivity index (χ0n) is 9.13. The molecule has 1 heterocycles. The summed E-state index contributed by atoms with van der Waals surface area (Å²) in [6, 6.07) is 0. The quantitative estimate of drug-likeness (QED) is 0.777. The largest absolute Gasteiger partial charge is 0.511 e. The smallest absolute Gasteiger partial charge is 0.203 e. The van der Waals surface area contributed by atoms with Gasteiger partial charge in [-0.25, -0.2) is 8.42 Å². The normalized spacial score (nSPS) is 23.9. The second-order valence-corrected chi connectivity index (χ2v) is 6.04. The Bertz CT molecular complexity index is 326. The van der Waals surface area contributed by atoms with Gasteiger partial charge in [0.15, 0.2) is 0 Å². The van der Waals surface area contributed by atoms with Crippen molar-refractivity contribution in [3.63, 3.8) is 0 Å². The first-order valence-corrected chi connectivity index (χ1v) is 6.79. The summed E-state index contributed by atoms with van der Waals surface area (Å²) in [4.78, 5) is 0. The number of hydrogen-bond acceptors (Lipinski definition) is 2. The van der Waals surface area contributed by atoms with Gasteiger partial charge >= 0.3 is 15.5 Å². The van der Waals surface area contributed by atoms with E-state index in [0.29, 0.717) is 10.7 Å². The number of alkyl halides is 3. The van der Waals surface area contributed by atoms with Gasteiger partial charge in [0.2, 0.25) is 0 Å². The molecule has 1 fully saturated rings. The van der Waals surface area contributed by atoms with Gasteiger partial charge in [0.1, 0.15) is 0 Å². The molecule has 1 atom stereocenters. The van der Waals surface area contributed by atoms with E-state index in [1.807, 2.05) is 6.92 Å². The minimum atomic E-state index is -5.16. The predicted octanol–water partition coefficient (Wildman–Crippen LogP) is 2.35. The van der Waals surface area contributed by atoms with Crippen molar-refractivity contribution in [1.29, 1.82) is 0 Å². The van der Waals surface area contributed by atoms with Gasteiger partial charge in [-0.1, -0.05) is 19.8 Å². The lowest BCUT2D eigenvalue weighted by Gasteiger charge is -2.18. The lowest BCUT2D eigenvalue weighted by Crippen LogP contribution is -2.39. The van der Waals surface area contributed by atoms with Crippen LogP contribution in [-0.2, 0) is 10.0 Å². The number of rotatable bonds is 4. The molecule has 7 heteroatoms. The molecule has 1 rings (SSSR count). The highest BCUT2D eigenvalue weighted by molar-refractivity contribution is 7.90. The minimum absolute atomic E-state index is 0.00375. The maximum absolute atomic E-state index is 12.2. The van der Waals surface area contributed by atoms with E-state index in [0.717, 1.165) is 19.3 Å². The number of unbranched alkanes of at least 4 members (excludes halogenated alkanes) is 1. The molecule has 0 aromatic heterocycles. The molecule has 96 valence electrons. The Morgan fingerprint density at radius 2 is 2.00 bits per heavy atom. The van der Waals surface area contributed by atoms with Crippen LogP contribution in [0.4, 0.5) is 13.2 Å². The van der Waals surface area contributed by atoms with E-state index in [9.17, 15) is 21.6 Å². The van der Waals surface area contributed by atoms with Gasteiger partial charge in [-0.15, -0.1) is 0 Å². The van der Waals surface area contributed by atoms with E-state index in [1.165, 1.54) is 0 Å². The van der Waals surface area contributed by atoms with Crippen LogP contribution in [0.3, 0.4) is 0 Å². The molecule has 0 N–H and O–H groups in total. The summed E-state index contributed by atoms with van der Waals surface area (Å²) in [6.07, 6.45) is 3.25. The third-order valence-electron chi connectivity index (χ3n) is 2.85. The van der Waals surface area contributed by atoms with Crippen LogP contribution in [0.25, 0.3) is 0 Å². The Kier molecular flexibility index (Phi) is 4.23. The molecule has 1 aliphatic rings. The van der Waals surface area contributed by atoms with Gasteiger partial charge in [0.25, 0.3) is 0 Å². The monoisotopic (exact) mass is 259 g/mol. The zero-order valence-corrected chi connectivity index (χ0v) is 9.94. The molecule has 1 aliphatic heterocycles. The lowest BCUT2D eigenvalue weighted by molar-refractivity contribution is -0.0484. The van der Waals surface area contributed by atoms with Gasteiger partial charge in [-0.3, -0.25) is 0 Å². The lowest BCUT2D eigenvalue weighted by atomic mass is 10.0. The van der Waals surface area contributed by atoms with E-state index in [2.05, 4.69) is 0 Å². The van der Waals surface area contributed by atoms with Crippen molar-refractivity contribution in [2.45, 2.75) is 38.1 Å². The maximum atomic E-state index is 12.2. The third-order valence-corrected chi connectivity index (χ3v) is 4.44. The summed E-state index contributed by atoms with van der Waals surface area (Å²) < 4.78 is 59.4. The molecule has 0 radical (unpaired) electrons. The molecule has 0 spiro atoms. The molecular formula is C9H16F3NO2S. The fraction of sp³-hybridized carbons (Fsp3) is 1.00. The molecule has 16 heavy (non-hydrogen) atoms. The highest BCUT2D eigenvalue weighted by atomic mass is 32.2. The molecule has 0 aromatic rings. The van der Waals surface area contributed by atoms with Crippen LogP contribution in [0.15, 0.2) is 0 Å². The first-order valence-electron chi connectivity index (χ1n) is 5.35. The Balaban J connectivity index is 2.60. The summed E-state index contributed by atoms with van der Waals surface area (Å²) in [5.41, 5.74) is -5.16. The summed E-state index contributed by atoms with van der Waals surface area (Å²) in [7, 11) is -5.10. The summed E-state index contributed by atoms with van der Waals surface area (Å²) in [5.74, 6) is 0.0806. The standard InChI is InChI=1S/C9H16F3NO2S/c1-2-3-4-8-5-6-13(7-8)16(14,15)9(10,11)12/h8H,2-7H2,1H3. The molecular weight excluding hydrogens is 243 g/mol. The average molecular weight is 259 g/mol. The van der Waals surface area contributed by atoms with E-state index < -0.39 is 15.5 Å². The van der Waals surface area contributed by atoms with Crippen molar-refractivity contribution in [2.24, 2.45) is 5.92 Å². The van der Waals surface area contributed by atoms with Crippen LogP contribution >= 0.6 is 0 Å². The number of halogens is 3. The van der Waals surface area contributed by atoms with Gasteiger partial charge in [-0.2, -0.15) is 17.5 Å². The Hall–Kier alpha value is -0.300. The van der Waals surface area contributed by atoms with E-state index in [1.54, 1.807) is 0 Å². The van der Waals surface area contributed by atoms with Crippen LogP contribution in [0, 0.1) is 5.92 Å². The number of hydrogen-bond donors (Lipinski definition) is 0. The molecule has 1 unspecified atom stereocenters. The Morgan fingerprint density at radius 3 is 2.50 bits per heavy atom. The first kappa shape index (κ1) is 13.8. The first-order chi connectivity index (χ1) is 7.29. The van der Waals surface area contributed by atoms with Crippen LogP contribution in [0.1, 0.15) is 32.6 Å². The summed E-state index contributed by atoms with van der Waals surface area (Å²) in [6.45, 7) is 2.01. The molecule has 0 amide bonds. The Morgan fingerprint density at radius 1 is 1.38 bits per heavy atom. The SMILES string of the molecule is CCCCC1CCN(S(=O)(=O)C(F)(F)F)C1. The molecule has 0 bridgehead atoms. The summed E-state index contributed by atoms with van der Waals surface area (Å²) >= 11 is 0. The molecule has 1 saturated heterocycles. The van der Waals surface area contributed by atoms with Crippen LogP contribution in [0.5, 0.6) is 0 Å². The van der Waals surface area contributed by atoms with Gasteiger partial charge in [-0.05, 0) is 18.8 Å². The molecule has 0 aliphatic carbocycles. The van der Waals surface area contributed by atoms with Crippen molar-refractivity contribution in [1.82, 2.24) is 4.31 Å². The molecule has 3 nitrogen and oxygen atoms in total. The van der Waals surface area contributed by atoms with Gasteiger partial charge in [0, 0.05) is 13.1 Å². The van der Waals surface area contributed by atoms with E-state index >= 15 is 0 Å². The van der Waals surface area contributed by atoms with Crippen LogP contribution in [-0.4, -0.2) is 31.3 Å². The van der Waals surface area contributed by atoms with Crippen molar-refractivity contribution in [2.75, 3.05) is 13.1 Å². The second kappa shape index (κ2) is 4.91. The highest BCUT2D eigenvalue weighted by Crippen LogP contribution is 2.32. The zero-order chi connectivity index (χ0) is 12.4. The minimum Gasteiger partial charge on any atom is -0.203 e. The van der Waals surface area contributed by atoms with E-state index in [-0.39, 0.29) is 19.0 Å². The fourth-order valence-electron chi connectivity index (χ4n) is 1.89. The highest BCUT2D eigenvalue weighted by Gasteiger charge is 2.51. The molecule has 0 saturated carbocycles. The topological polar surface area (TPSA) is 37.4 Å². The van der Waals surface area contributed by atoms with Crippen molar-refractivity contribution in [3.8, 4) is 0 Å². The number of nitrogens with zero attached hydrogens (tertiary/aromatic N) is 1. The van der Waals surface area contributed by atoms with Gasteiger partial charge < -0.3 is 0 Å². The fourth-order valence-corrected chi connectivity index (χ4v) is 2.94. The Labute approximate surface area is 93.7 Å². The van der Waals surface area contributed by atoms with Crippen molar-refractivity contribution in [3.05, 3.63) is 0 Å².